The predicted octanol–water partition coefficient (Wildman–Crippen LogP) is 2.80. The van der Waals surface area contributed by atoms with Crippen molar-refractivity contribution >= 4 is 23.5 Å². The lowest BCUT2D eigenvalue weighted by Gasteiger charge is -2.29. The van der Waals surface area contributed by atoms with E-state index in [9.17, 15) is 9.59 Å². The molecule has 8 heteroatoms. The summed E-state index contributed by atoms with van der Waals surface area (Å²) in [6.07, 6.45) is 4.18. The molecule has 26 heavy (non-hydrogen) atoms. The maximum absolute atomic E-state index is 12.8. The van der Waals surface area contributed by atoms with Crippen molar-refractivity contribution in [2.45, 2.75) is 82.4 Å². The van der Waals surface area contributed by atoms with Crippen molar-refractivity contribution in [1.82, 2.24) is 15.5 Å². The summed E-state index contributed by atoms with van der Waals surface area (Å²) in [5, 5.41) is 11.3. The fraction of sp³-hybridized carbons (Fsp3) is 0.778. The number of nitrogens with one attached hydrogen (secondary N) is 1. The van der Waals surface area contributed by atoms with E-state index in [1.54, 1.807) is 0 Å². The quantitative estimate of drug-likeness (QED) is 0.525. The first kappa shape index (κ1) is 20.9. The molecule has 146 valence electrons. The first-order valence-electron chi connectivity index (χ1n) is 9.38. The van der Waals surface area contributed by atoms with Crippen LogP contribution in [-0.2, 0) is 4.79 Å². The number of carbonyl (C=O) groups is 2. The van der Waals surface area contributed by atoms with E-state index < -0.39 is 6.04 Å². The molecule has 0 aliphatic heterocycles. The van der Waals surface area contributed by atoms with Crippen molar-refractivity contribution in [3.63, 3.8) is 0 Å². The van der Waals surface area contributed by atoms with E-state index >= 15 is 0 Å². The Morgan fingerprint density at radius 1 is 1.23 bits per heavy atom. The Labute approximate surface area is 159 Å². The van der Waals surface area contributed by atoms with Gasteiger partial charge in [0, 0.05) is 11.3 Å². The third-order valence-electron chi connectivity index (χ3n) is 4.45. The molecule has 0 spiro atoms. The van der Waals surface area contributed by atoms with Gasteiger partial charge in [0.05, 0.1) is 12.0 Å². The average molecular weight is 383 g/mol. The SMILES string of the molecule is CC(C)C[C@H](NC(=O)[C@@H]1CCCC[C@@H]1N)C(=O)c1nnc(SC(C)C)o1. The number of carbonyl (C=O) groups excluding carboxylic acids is 2. The summed E-state index contributed by atoms with van der Waals surface area (Å²) in [5.74, 6) is -0.531. The van der Waals surface area contributed by atoms with Gasteiger partial charge in [0.15, 0.2) is 0 Å². The summed E-state index contributed by atoms with van der Waals surface area (Å²) >= 11 is 1.40. The second-order valence-electron chi connectivity index (χ2n) is 7.65. The second-order valence-corrected chi connectivity index (χ2v) is 9.18. The van der Waals surface area contributed by atoms with Gasteiger partial charge in [-0.2, -0.15) is 0 Å². The van der Waals surface area contributed by atoms with Gasteiger partial charge in [-0.25, -0.2) is 0 Å². The standard InChI is InChI=1S/C18H30N4O3S/c1-10(2)9-14(20-16(24)12-7-5-6-8-13(12)19)15(23)17-21-22-18(25-17)26-11(3)4/h10-14H,5-9,19H2,1-4H3,(H,20,24)/t12-,13+,14+/m1/s1. The van der Waals surface area contributed by atoms with Crippen LogP contribution in [0, 0.1) is 11.8 Å². The van der Waals surface area contributed by atoms with E-state index in [0.29, 0.717) is 11.6 Å². The molecule has 0 bridgehead atoms. The molecule has 1 fully saturated rings. The number of aromatic nitrogens is 2. The molecule has 0 aromatic carbocycles. The Morgan fingerprint density at radius 2 is 1.92 bits per heavy atom. The minimum absolute atomic E-state index is 0.0490. The van der Waals surface area contributed by atoms with E-state index in [4.69, 9.17) is 10.2 Å². The molecule has 0 saturated heterocycles. The number of rotatable bonds is 8. The molecule has 3 atom stereocenters. The Bertz CT molecular complexity index is 617. The third kappa shape index (κ3) is 5.81. The molecule has 1 aliphatic carbocycles. The van der Waals surface area contributed by atoms with Crippen molar-refractivity contribution in [2.24, 2.45) is 17.6 Å². The van der Waals surface area contributed by atoms with Crippen LogP contribution in [0.4, 0.5) is 0 Å². The number of nitrogens with two attached hydrogens (primary N) is 1. The van der Waals surface area contributed by atoms with Gasteiger partial charge >= 0.3 is 0 Å². The maximum atomic E-state index is 12.8. The highest BCUT2D eigenvalue weighted by Crippen LogP contribution is 2.24. The molecular weight excluding hydrogens is 352 g/mol. The summed E-state index contributed by atoms with van der Waals surface area (Å²) in [5.41, 5.74) is 6.10. The van der Waals surface area contributed by atoms with Crippen molar-refractivity contribution in [1.29, 1.82) is 0 Å². The number of nitrogens with zero attached hydrogens (tertiary/aromatic N) is 2. The molecular formula is C18H30N4O3S. The maximum Gasteiger partial charge on any atom is 0.286 e. The number of Topliss-reactive ketones (excluding diaryl/α,β-unsaturated/α-hetero) is 1. The number of hydrogen-bond donors (Lipinski definition) is 2. The highest BCUT2D eigenvalue weighted by atomic mass is 32.2. The monoisotopic (exact) mass is 382 g/mol. The number of ketones is 1. The van der Waals surface area contributed by atoms with E-state index in [0.717, 1.165) is 25.7 Å². The van der Waals surface area contributed by atoms with Crippen LogP contribution in [0.5, 0.6) is 0 Å². The van der Waals surface area contributed by atoms with Gasteiger partial charge in [-0.05, 0) is 25.2 Å². The fourth-order valence-electron chi connectivity index (χ4n) is 3.17. The summed E-state index contributed by atoms with van der Waals surface area (Å²) in [4.78, 5) is 25.5. The Balaban J connectivity index is 2.09. The number of hydrogen-bond acceptors (Lipinski definition) is 7. The van der Waals surface area contributed by atoms with Crippen LogP contribution in [0.25, 0.3) is 0 Å². The van der Waals surface area contributed by atoms with Crippen molar-refractivity contribution in [2.75, 3.05) is 0 Å². The first-order chi connectivity index (χ1) is 12.3. The number of amides is 1. The van der Waals surface area contributed by atoms with Crippen LogP contribution in [-0.4, -0.2) is 39.2 Å². The van der Waals surface area contributed by atoms with Gasteiger partial charge in [-0.1, -0.05) is 52.3 Å². The lowest BCUT2D eigenvalue weighted by molar-refractivity contribution is -0.127. The third-order valence-corrected chi connectivity index (χ3v) is 5.29. The zero-order chi connectivity index (χ0) is 19.3. The highest BCUT2D eigenvalue weighted by molar-refractivity contribution is 7.99. The fourth-order valence-corrected chi connectivity index (χ4v) is 3.79. The van der Waals surface area contributed by atoms with Crippen LogP contribution in [0.3, 0.4) is 0 Å². The second kappa shape index (κ2) is 9.50. The highest BCUT2D eigenvalue weighted by Gasteiger charge is 2.33. The Kier molecular flexibility index (Phi) is 7.64. The normalized spacial score (nSPS) is 21.8. The van der Waals surface area contributed by atoms with E-state index in [-0.39, 0.29) is 40.7 Å². The molecule has 1 aromatic heterocycles. The van der Waals surface area contributed by atoms with Crippen LogP contribution in [0.15, 0.2) is 9.64 Å². The molecule has 0 unspecified atom stereocenters. The molecule has 1 saturated carbocycles. The van der Waals surface area contributed by atoms with Gasteiger partial charge in [-0.3, -0.25) is 9.59 Å². The van der Waals surface area contributed by atoms with Crippen LogP contribution in [0.1, 0.15) is 70.5 Å². The van der Waals surface area contributed by atoms with Crippen LogP contribution >= 0.6 is 11.8 Å². The zero-order valence-electron chi connectivity index (χ0n) is 16.0. The molecule has 2 rings (SSSR count). The summed E-state index contributed by atoms with van der Waals surface area (Å²) < 4.78 is 5.48. The molecule has 3 N–H and O–H groups in total. The minimum atomic E-state index is -0.672. The van der Waals surface area contributed by atoms with Gasteiger partial charge in [0.2, 0.25) is 11.7 Å². The lowest BCUT2D eigenvalue weighted by Crippen LogP contribution is -2.49. The molecule has 0 radical (unpaired) electrons. The van der Waals surface area contributed by atoms with Gasteiger partial charge < -0.3 is 15.5 Å². The lowest BCUT2D eigenvalue weighted by atomic mass is 9.84. The largest absolute Gasteiger partial charge is 0.408 e. The van der Waals surface area contributed by atoms with Crippen molar-refractivity contribution in [3.8, 4) is 0 Å². The van der Waals surface area contributed by atoms with Crippen molar-refractivity contribution < 1.29 is 14.0 Å². The summed E-state index contributed by atoms with van der Waals surface area (Å²) in [6.45, 7) is 8.02. The zero-order valence-corrected chi connectivity index (χ0v) is 16.8. The predicted molar refractivity (Wildman–Crippen MR) is 101 cm³/mol. The topological polar surface area (TPSA) is 111 Å². The minimum Gasteiger partial charge on any atom is -0.408 e. The van der Waals surface area contributed by atoms with Gasteiger partial charge in [0.1, 0.15) is 0 Å². The molecule has 7 nitrogen and oxygen atoms in total. The molecule has 1 amide bonds. The average Bonchev–Trinajstić information content (AvgIpc) is 3.01. The van der Waals surface area contributed by atoms with Gasteiger partial charge in [0.25, 0.3) is 11.1 Å². The van der Waals surface area contributed by atoms with Crippen LogP contribution in [0.2, 0.25) is 0 Å². The van der Waals surface area contributed by atoms with Crippen LogP contribution < -0.4 is 11.1 Å². The first-order valence-corrected chi connectivity index (χ1v) is 10.3. The van der Waals surface area contributed by atoms with E-state index in [1.807, 2.05) is 27.7 Å². The Hall–Kier alpha value is -1.41. The molecule has 1 aromatic rings. The van der Waals surface area contributed by atoms with Gasteiger partial charge in [-0.15, -0.1) is 10.2 Å². The summed E-state index contributed by atoms with van der Waals surface area (Å²) in [7, 11) is 0. The van der Waals surface area contributed by atoms with E-state index in [2.05, 4.69) is 15.5 Å². The number of thioether (sulfide) groups is 1. The van der Waals surface area contributed by atoms with E-state index in [1.165, 1.54) is 11.8 Å². The smallest absolute Gasteiger partial charge is 0.286 e. The Morgan fingerprint density at radius 3 is 2.54 bits per heavy atom. The summed E-state index contributed by atoms with van der Waals surface area (Å²) in [6, 6.07) is -0.815. The molecule has 1 aliphatic rings. The van der Waals surface area contributed by atoms with Crippen molar-refractivity contribution in [3.05, 3.63) is 5.89 Å². The molecule has 1 heterocycles.